The molecule has 0 radical (unpaired) electrons. The third-order valence-corrected chi connectivity index (χ3v) is 9.03. The smallest absolute Gasteiger partial charge is 0.0622 e. The zero-order chi connectivity index (χ0) is 28.1. The van der Waals surface area contributed by atoms with E-state index in [1.807, 2.05) is 0 Å². The lowest BCUT2D eigenvalue weighted by Gasteiger charge is -2.34. The Bertz CT molecular complexity index is 1970. The molecule has 0 saturated heterocycles. The summed E-state index contributed by atoms with van der Waals surface area (Å²) in [6, 6.07) is 60.4. The molecule has 0 atom stereocenters. The molecule has 0 unspecified atom stereocenters. The maximum absolute atomic E-state index is 2.39. The Balaban J connectivity index is 1.43. The van der Waals surface area contributed by atoms with E-state index in [1.54, 1.807) is 0 Å². The Kier molecular flexibility index (Phi) is 5.69. The van der Waals surface area contributed by atoms with Gasteiger partial charge in [0.25, 0.3) is 0 Å². The molecular formula is C42H30. The van der Waals surface area contributed by atoms with Gasteiger partial charge >= 0.3 is 0 Å². The van der Waals surface area contributed by atoms with Crippen LogP contribution in [0, 0.1) is 6.92 Å². The number of aryl methyl sites for hydroxylation is 1. The van der Waals surface area contributed by atoms with E-state index in [4.69, 9.17) is 0 Å². The standard InChI is InChI=1S/C42H30/c1-29-16-26-39-38(28-29)41-37-15-9-8-14-34(37)21-27-40(41)42(39,35-22-17-32(18-23-35)30-10-4-2-5-11-30)36-24-19-33(20-25-36)31-12-6-3-7-13-31/h2-28H,1H3. The Morgan fingerprint density at radius 3 is 1.50 bits per heavy atom. The van der Waals surface area contributed by atoms with Crippen molar-refractivity contribution in [2.45, 2.75) is 12.3 Å². The van der Waals surface area contributed by atoms with Gasteiger partial charge in [-0.15, -0.1) is 0 Å². The van der Waals surface area contributed by atoms with Gasteiger partial charge in [-0.05, 0) is 73.3 Å². The SMILES string of the molecule is Cc1ccc2c(c1)-c1c(ccc3ccccc13)C2(c1ccc(-c2ccccc2)cc1)c1ccc(-c2ccccc2)cc1. The number of fused-ring (bicyclic) bond motifs is 5. The lowest BCUT2D eigenvalue weighted by Crippen LogP contribution is -2.28. The molecule has 198 valence electrons. The molecule has 7 aromatic rings. The van der Waals surface area contributed by atoms with Crippen molar-refractivity contribution in [2.24, 2.45) is 0 Å². The summed E-state index contributed by atoms with van der Waals surface area (Å²) in [4.78, 5) is 0. The van der Waals surface area contributed by atoms with Gasteiger partial charge in [0.2, 0.25) is 0 Å². The van der Waals surface area contributed by atoms with Crippen LogP contribution in [-0.4, -0.2) is 0 Å². The molecule has 0 heteroatoms. The average Bonchev–Trinajstić information content (AvgIpc) is 3.36. The normalized spacial score (nSPS) is 13.1. The minimum Gasteiger partial charge on any atom is -0.0622 e. The fourth-order valence-corrected chi connectivity index (χ4v) is 7.09. The van der Waals surface area contributed by atoms with Crippen LogP contribution in [0.4, 0.5) is 0 Å². The van der Waals surface area contributed by atoms with Crippen LogP contribution in [0.2, 0.25) is 0 Å². The molecule has 7 aromatic carbocycles. The first-order valence-electron chi connectivity index (χ1n) is 14.7. The van der Waals surface area contributed by atoms with Crippen LogP contribution in [0.3, 0.4) is 0 Å². The first-order valence-corrected chi connectivity index (χ1v) is 14.7. The molecule has 0 aliphatic heterocycles. The second-order valence-corrected chi connectivity index (χ2v) is 11.4. The van der Waals surface area contributed by atoms with E-state index in [0.717, 1.165) is 0 Å². The van der Waals surface area contributed by atoms with E-state index in [2.05, 4.69) is 171 Å². The van der Waals surface area contributed by atoms with E-state index >= 15 is 0 Å². The van der Waals surface area contributed by atoms with Crippen LogP contribution in [0.15, 0.2) is 164 Å². The number of benzene rings is 7. The Hall–Kier alpha value is -5.20. The molecule has 0 spiro atoms. The van der Waals surface area contributed by atoms with Crippen molar-refractivity contribution in [1.82, 2.24) is 0 Å². The topological polar surface area (TPSA) is 0 Å². The molecule has 0 bridgehead atoms. The lowest BCUT2D eigenvalue weighted by atomic mass is 9.67. The zero-order valence-corrected chi connectivity index (χ0v) is 23.6. The monoisotopic (exact) mass is 534 g/mol. The highest BCUT2D eigenvalue weighted by atomic mass is 14.5. The van der Waals surface area contributed by atoms with Crippen LogP contribution in [0.5, 0.6) is 0 Å². The largest absolute Gasteiger partial charge is 0.0713 e. The van der Waals surface area contributed by atoms with Crippen LogP contribution in [-0.2, 0) is 5.41 Å². The van der Waals surface area contributed by atoms with Crippen molar-refractivity contribution < 1.29 is 0 Å². The van der Waals surface area contributed by atoms with Crippen molar-refractivity contribution in [3.8, 4) is 33.4 Å². The molecule has 1 aliphatic rings. The summed E-state index contributed by atoms with van der Waals surface area (Å²) >= 11 is 0. The molecule has 0 fully saturated rings. The van der Waals surface area contributed by atoms with Crippen LogP contribution in [0.25, 0.3) is 44.2 Å². The van der Waals surface area contributed by atoms with Crippen LogP contribution >= 0.6 is 0 Å². The maximum Gasteiger partial charge on any atom is 0.0713 e. The van der Waals surface area contributed by atoms with E-state index in [9.17, 15) is 0 Å². The fourth-order valence-electron chi connectivity index (χ4n) is 7.09. The quantitative estimate of drug-likeness (QED) is 0.211. The predicted molar refractivity (Wildman–Crippen MR) is 177 cm³/mol. The van der Waals surface area contributed by atoms with E-state index in [0.29, 0.717) is 0 Å². The molecule has 8 rings (SSSR count). The first-order chi connectivity index (χ1) is 20.7. The first kappa shape index (κ1) is 24.6. The third-order valence-electron chi connectivity index (χ3n) is 9.03. The van der Waals surface area contributed by atoms with Gasteiger partial charge in [-0.25, -0.2) is 0 Å². The van der Waals surface area contributed by atoms with E-state index in [1.165, 1.54) is 72.0 Å². The Morgan fingerprint density at radius 1 is 0.405 bits per heavy atom. The van der Waals surface area contributed by atoms with Gasteiger partial charge in [-0.1, -0.05) is 169 Å². The molecule has 0 aromatic heterocycles. The average molecular weight is 535 g/mol. The van der Waals surface area contributed by atoms with Gasteiger partial charge in [-0.2, -0.15) is 0 Å². The molecule has 1 aliphatic carbocycles. The summed E-state index contributed by atoms with van der Waals surface area (Å²) in [6.07, 6.45) is 0. The highest BCUT2D eigenvalue weighted by molar-refractivity contribution is 6.04. The molecule has 0 amide bonds. The van der Waals surface area contributed by atoms with Crippen LogP contribution < -0.4 is 0 Å². The van der Waals surface area contributed by atoms with Gasteiger partial charge in [0, 0.05) is 0 Å². The summed E-state index contributed by atoms with van der Waals surface area (Å²) in [7, 11) is 0. The van der Waals surface area contributed by atoms with E-state index in [-0.39, 0.29) is 0 Å². The van der Waals surface area contributed by atoms with Gasteiger partial charge in [0.05, 0.1) is 5.41 Å². The second-order valence-electron chi connectivity index (χ2n) is 11.4. The summed E-state index contributed by atoms with van der Waals surface area (Å²) in [5.41, 5.74) is 13.7. The van der Waals surface area contributed by atoms with Crippen molar-refractivity contribution in [3.63, 3.8) is 0 Å². The number of hydrogen-bond donors (Lipinski definition) is 0. The zero-order valence-electron chi connectivity index (χ0n) is 23.6. The van der Waals surface area contributed by atoms with Gasteiger partial charge in [-0.3, -0.25) is 0 Å². The van der Waals surface area contributed by atoms with Gasteiger partial charge in [0.1, 0.15) is 0 Å². The minimum absolute atomic E-state index is 0.438. The van der Waals surface area contributed by atoms with E-state index < -0.39 is 5.41 Å². The maximum atomic E-state index is 2.39. The predicted octanol–water partition coefficient (Wildman–Crippen LogP) is 10.8. The summed E-state index contributed by atoms with van der Waals surface area (Å²) in [5.74, 6) is 0. The Morgan fingerprint density at radius 2 is 0.905 bits per heavy atom. The van der Waals surface area contributed by atoms with Crippen LogP contribution in [0.1, 0.15) is 27.8 Å². The second kappa shape index (κ2) is 9.72. The van der Waals surface area contributed by atoms with Crippen molar-refractivity contribution in [2.75, 3.05) is 0 Å². The van der Waals surface area contributed by atoms with Crippen molar-refractivity contribution in [3.05, 3.63) is 192 Å². The Labute approximate surface area is 247 Å². The molecule has 0 heterocycles. The van der Waals surface area contributed by atoms with Gasteiger partial charge in [0.15, 0.2) is 0 Å². The molecule has 42 heavy (non-hydrogen) atoms. The van der Waals surface area contributed by atoms with Crippen molar-refractivity contribution in [1.29, 1.82) is 0 Å². The highest BCUT2D eigenvalue weighted by Gasteiger charge is 2.46. The molecule has 0 saturated carbocycles. The fraction of sp³-hybridized carbons (Fsp3) is 0.0476. The third kappa shape index (κ3) is 3.69. The highest BCUT2D eigenvalue weighted by Crippen LogP contribution is 2.58. The molecule has 0 N–H and O–H groups in total. The summed E-state index contributed by atoms with van der Waals surface area (Å²) in [5, 5.41) is 2.59. The molecule has 0 nitrogen and oxygen atoms in total. The lowest BCUT2D eigenvalue weighted by molar-refractivity contribution is 0.769. The summed E-state index contributed by atoms with van der Waals surface area (Å²) < 4.78 is 0. The number of hydrogen-bond acceptors (Lipinski definition) is 0. The van der Waals surface area contributed by atoms with Gasteiger partial charge < -0.3 is 0 Å². The number of rotatable bonds is 4. The summed E-state index contributed by atoms with van der Waals surface area (Å²) in [6.45, 7) is 2.20. The molecular weight excluding hydrogens is 504 g/mol. The minimum atomic E-state index is -0.438. The van der Waals surface area contributed by atoms with Crippen molar-refractivity contribution >= 4 is 10.8 Å².